The molecule has 0 radical (unpaired) electrons. The van der Waals surface area contributed by atoms with Crippen LogP contribution in [0.4, 0.5) is 0 Å². The average molecular weight is 336 g/mol. The Balaban J connectivity index is 2.16. The van der Waals surface area contributed by atoms with Crippen molar-refractivity contribution in [3.63, 3.8) is 0 Å². The number of hydrogen-bond donors (Lipinski definition) is 1. The maximum Gasteiger partial charge on any atom is 0.203 e. The van der Waals surface area contributed by atoms with Crippen LogP contribution in [0, 0.1) is 0 Å². The average Bonchev–Trinajstić information content (AvgIpc) is 2.58. The van der Waals surface area contributed by atoms with Gasteiger partial charge < -0.3 is 19.5 Å². The van der Waals surface area contributed by atoms with Crippen LogP contribution < -0.4 is 19.5 Å². The topological polar surface area (TPSA) is 39.7 Å². The molecule has 0 aliphatic carbocycles. The molecular formula is C18H22ClNO3. The van der Waals surface area contributed by atoms with Crippen LogP contribution in [0.1, 0.15) is 24.1 Å². The molecule has 2 aromatic carbocycles. The van der Waals surface area contributed by atoms with Gasteiger partial charge in [0.1, 0.15) is 0 Å². The molecule has 0 fully saturated rings. The summed E-state index contributed by atoms with van der Waals surface area (Å²) in [6, 6.07) is 11.8. The predicted molar refractivity (Wildman–Crippen MR) is 92.8 cm³/mol. The van der Waals surface area contributed by atoms with Gasteiger partial charge in [-0.25, -0.2) is 0 Å². The standard InChI is InChI=1S/C18H22ClNO3/c1-12(14-7-5-6-8-15(14)19)20-11-13-9-16(21-2)18(23-4)17(10-13)22-3/h5-10,12,20H,11H2,1-4H3/t12-/m0/s1. The maximum atomic E-state index is 6.24. The highest BCUT2D eigenvalue weighted by molar-refractivity contribution is 6.31. The lowest BCUT2D eigenvalue weighted by atomic mass is 10.1. The SMILES string of the molecule is COc1cc(CN[C@@H](C)c2ccccc2Cl)cc(OC)c1OC. The first-order valence-electron chi connectivity index (χ1n) is 7.37. The van der Waals surface area contributed by atoms with Gasteiger partial charge in [-0.05, 0) is 36.2 Å². The lowest BCUT2D eigenvalue weighted by Crippen LogP contribution is -2.18. The van der Waals surface area contributed by atoms with Gasteiger partial charge in [0.2, 0.25) is 5.75 Å². The van der Waals surface area contributed by atoms with Crippen LogP contribution >= 0.6 is 11.6 Å². The van der Waals surface area contributed by atoms with E-state index in [9.17, 15) is 0 Å². The second-order valence-electron chi connectivity index (χ2n) is 5.16. The molecule has 0 spiro atoms. The van der Waals surface area contributed by atoms with Crippen LogP contribution in [-0.2, 0) is 6.54 Å². The molecular weight excluding hydrogens is 314 g/mol. The highest BCUT2D eigenvalue weighted by Crippen LogP contribution is 2.38. The van der Waals surface area contributed by atoms with E-state index in [2.05, 4.69) is 12.2 Å². The van der Waals surface area contributed by atoms with Crippen molar-refractivity contribution >= 4 is 11.6 Å². The Morgan fingerprint density at radius 3 is 2.13 bits per heavy atom. The summed E-state index contributed by atoms with van der Waals surface area (Å²) in [6.45, 7) is 2.74. The van der Waals surface area contributed by atoms with Crippen molar-refractivity contribution in [2.75, 3.05) is 21.3 Å². The Morgan fingerprint density at radius 1 is 1.00 bits per heavy atom. The van der Waals surface area contributed by atoms with Gasteiger partial charge in [-0.3, -0.25) is 0 Å². The molecule has 124 valence electrons. The molecule has 2 rings (SSSR count). The van der Waals surface area contributed by atoms with Crippen LogP contribution in [-0.4, -0.2) is 21.3 Å². The molecule has 0 aliphatic heterocycles. The first-order valence-corrected chi connectivity index (χ1v) is 7.75. The van der Waals surface area contributed by atoms with Crippen molar-refractivity contribution in [1.29, 1.82) is 0 Å². The molecule has 23 heavy (non-hydrogen) atoms. The van der Waals surface area contributed by atoms with E-state index in [-0.39, 0.29) is 6.04 Å². The Kier molecular flexibility index (Phi) is 6.13. The van der Waals surface area contributed by atoms with Crippen LogP contribution in [0.3, 0.4) is 0 Å². The fraction of sp³-hybridized carbons (Fsp3) is 0.333. The zero-order chi connectivity index (χ0) is 16.8. The number of benzene rings is 2. The van der Waals surface area contributed by atoms with Gasteiger partial charge in [-0.1, -0.05) is 29.8 Å². The summed E-state index contributed by atoms with van der Waals surface area (Å²) < 4.78 is 16.1. The normalized spacial score (nSPS) is 11.9. The van der Waals surface area contributed by atoms with E-state index in [1.807, 2.05) is 36.4 Å². The van der Waals surface area contributed by atoms with Crippen molar-refractivity contribution in [3.8, 4) is 17.2 Å². The first kappa shape index (κ1) is 17.4. The third kappa shape index (κ3) is 4.09. The second kappa shape index (κ2) is 8.09. The van der Waals surface area contributed by atoms with E-state index in [0.29, 0.717) is 23.8 Å². The first-order chi connectivity index (χ1) is 11.1. The number of rotatable bonds is 7. The number of methoxy groups -OCH3 is 3. The van der Waals surface area contributed by atoms with Gasteiger partial charge in [0.15, 0.2) is 11.5 Å². The summed E-state index contributed by atoms with van der Waals surface area (Å²) in [5, 5.41) is 4.22. The predicted octanol–water partition coefficient (Wildman–Crippen LogP) is 4.22. The highest BCUT2D eigenvalue weighted by Gasteiger charge is 2.14. The van der Waals surface area contributed by atoms with Crippen molar-refractivity contribution in [3.05, 3.63) is 52.5 Å². The minimum absolute atomic E-state index is 0.128. The van der Waals surface area contributed by atoms with E-state index < -0.39 is 0 Å². The minimum atomic E-state index is 0.128. The number of hydrogen-bond acceptors (Lipinski definition) is 4. The third-order valence-electron chi connectivity index (χ3n) is 3.71. The molecule has 5 heteroatoms. The lowest BCUT2D eigenvalue weighted by Gasteiger charge is -2.18. The quantitative estimate of drug-likeness (QED) is 0.822. The molecule has 0 bridgehead atoms. The zero-order valence-corrected chi connectivity index (χ0v) is 14.6. The Labute approximate surface area is 142 Å². The van der Waals surface area contributed by atoms with Gasteiger partial charge in [0.05, 0.1) is 21.3 Å². The van der Waals surface area contributed by atoms with Crippen LogP contribution in [0.25, 0.3) is 0 Å². The Bertz CT molecular complexity index is 635. The molecule has 0 unspecified atom stereocenters. The lowest BCUT2D eigenvalue weighted by molar-refractivity contribution is 0.323. The second-order valence-corrected chi connectivity index (χ2v) is 5.56. The van der Waals surface area contributed by atoms with Gasteiger partial charge in [-0.2, -0.15) is 0 Å². The van der Waals surface area contributed by atoms with E-state index >= 15 is 0 Å². The molecule has 0 aromatic heterocycles. The molecule has 1 N–H and O–H groups in total. The van der Waals surface area contributed by atoms with Crippen molar-refractivity contribution in [2.45, 2.75) is 19.5 Å². The molecule has 4 nitrogen and oxygen atoms in total. The Hall–Kier alpha value is -1.91. The highest BCUT2D eigenvalue weighted by atomic mass is 35.5. The smallest absolute Gasteiger partial charge is 0.203 e. The molecule has 2 aromatic rings. The van der Waals surface area contributed by atoms with Crippen LogP contribution in [0.15, 0.2) is 36.4 Å². The summed E-state index contributed by atoms with van der Waals surface area (Å²) in [7, 11) is 4.82. The van der Waals surface area contributed by atoms with E-state index in [1.54, 1.807) is 21.3 Å². The van der Waals surface area contributed by atoms with Crippen molar-refractivity contribution in [2.24, 2.45) is 0 Å². The van der Waals surface area contributed by atoms with E-state index in [0.717, 1.165) is 16.1 Å². The monoisotopic (exact) mass is 335 g/mol. The van der Waals surface area contributed by atoms with Gasteiger partial charge in [0, 0.05) is 17.6 Å². The van der Waals surface area contributed by atoms with Crippen LogP contribution in [0.2, 0.25) is 5.02 Å². The fourth-order valence-corrected chi connectivity index (χ4v) is 2.74. The largest absolute Gasteiger partial charge is 0.493 e. The number of nitrogens with one attached hydrogen (secondary N) is 1. The summed E-state index contributed by atoms with van der Waals surface area (Å²) in [5.41, 5.74) is 2.11. The van der Waals surface area contributed by atoms with Crippen LogP contribution in [0.5, 0.6) is 17.2 Å². The summed E-state index contributed by atoms with van der Waals surface area (Å²) in [6.07, 6.45) is 0. The molecule has 0 amide bonds. The maximum absolute atomic E-state index is 6.24. The van der Waals surface area contributed by atoms with Gasteiger partial charge in [-0.15, -0.1) is 0 Å². The summed E-state index contributed by atoms with van der Waals surface area (Å²) in [5.74, 6) is 1.89. The molecule has 0 heterocycles. The minimum Gasteiger partial charge on any atom is -0.493 e. The summed E-state index contributed by atoms with van der Waals surface area (Å²) >= 11 is 6.24. The van der Waals surface area contributed by atoms with E-state index in [1.165, 1.54) is 0 Å². The molecule has 0 saturated carbocycles. The summed E-state index contributed by atoms with van der Waals surface area (Å²) in [4.78, 5) is 0. The molecule has 1 atom stereocenters. The van der Waals surface area contributed by atoms with E-state index in [4.69, 9.17) is 25.8 Å². The fourth-order valence-electron chi connectivity index (χ4n) is 2.44. The molecule has 0 saturated heterocycles. The third-order valence-corrected chi connectivity index (χ3v) is 4.05. The van der Waals surface area contributed by atoms with Gasteiger partial charge in [0.25, 0.3) is 0 Å². The van der Waals surface area contributed by atoms with Crippen molar-refractivity contribution in [1.82, 2.24) is 5.32 Å². The zero-order valence-electron chi connectivity index (χ0n) is 13.9. The number of ether oxygens (including phenoxy) is 3. The van der Waals surface area contributed by atoms with Crippen molar-refractivity contribution < 1.29 is 14.2 Å². The molecule has 0 aliphatic rings. The Morgan fingerprint density at radius 2 is 1.61 bits per heavy atom. The van der Waals surface area contributed by atoms with Gasteiger partial charge >= 0.3 is 0 Å². The number of halogens is 1.